The molecule has 1 aliphatic rings. The van der Waals surface area contributed by atoms with E-state index in [2.05, 4.69) is 11.9 Å². The van der Waals surface area contributed by atoms with Crippen LogP contribution in [0.4, 0.5) is 0 Å². The molecule has 62 valence electrons. The van der Waals surface area contributed by atoms with E-state index in [0.717, 1.165) is 6.04 Å². The fourth-order valence-corrected chi connectivity index (χ4v) is 2.91. The highest BCUT2D eigenvalue weighted by Gasteiger charge is 2.17. The maximum Gasteiger partial charge on any atom is 0.501 e. The largest absolute Gasteiger partial charge is 0.501 e. The molecule has 1 fully saturated rings. The Labute approximate surface area is 83.0 Å². The van der Waals surface area contributed by atoms with Gasteiger partial charge in [0, 0.05) is 6.04 Å². The van der Waals surface area contributed by atoms with Crippen molar-refractivity contribution in [3.8, 4) is 0 Å². The van der Waals surface area contributed by atoms with Crippen molar-refractivity contribution in [2.24, 2.45) is 0 Å². The number of piperidine rings is 1. The Morgan fingerprint density at radius 3 is 3.00 bits per heavy atom. The summed E-state index contributed by atoms with van der Waals surface area (Å²) < 4.78 is 1.32. The zero-order chi connectivity index (χ0) is 8.10. The maximum absolute atomic E-state index is 5.79. The van der Waals surface area contributed by atoms with Gasteiger partial charge in [-0.05, 0) is 26.4 Å². The maximum atomic E-state index is 5.79. The summed E-state index contributed by atoms with van der Waals surface area (Å²) in [7, 11) is 8.04. The Kier molecular flexibility index (Phi) is 5.17. The zero-order valence-corrected chi connectivity index (χ0v) is 9.52. The first-order valence-electron chi connectivity index (χ1n) is 4.61. The molecule has 1 nitrogen and oxygen atoms in total. The fourth-order valence-electron chi connectivity index (χ4n) is 1.82. The van der Waals surface area contributed by atoms with Crippen LogP contribution >= 0.6 is 9.07 Å². The summed E-state index contributed by atoms with van der Waals surface area (Å²) >= 11 is -0.208. The third kappa shape index (κ3) is 3.49. The monoisotopic (exact) mass is 185 g/mol. The van der Waals surface area contributed by atoms with Crippen LogP contribution in [0.3, 0.4) is 0 Å². The summed E-state index contributed by atoms with van der Waals surface area (Å²) in [5.74, 6) is 0. The van der Waals surface area contributed by atoms with Crippen molar-refractivity contribution < 1.29 is 0 Å². The average molecular weight is 186 g/mol. The Balaban J connectivity index is 2.18. The van der Waals surface area contributed by atoms with E-state index >= 15 is 0 Å². The van der Waals surface area contributed by atoms with Crippen LogP contribution in [0.15, 0.2) is 0 Å². The number of hydrogen-bond acceptors (Lipinski definition) is 1. The first-order chi connectivity index (χ1) is 5.34. The van der Waals surface area contributed by atoms with Gasteiger partial charge in [0.2, 0.25) is 0 Å². The van der Waals surface area contributed by atoms with Crippen LogP contribution < -0.4 is 0 Å². The normalized spacial score (nSPS) is 26.5. The van der Waals surface area contributed by atoms with Gasteiger partial charge in [-0.15, -0.1) is 4.55 Å². The summed E-state index contributed by atoms with van der Waals surface area (Å²) in [5, 5.41) is 0. The van der Waals surface area contributed by atoms with E-state index in [-0.39, 0.29) is 19.3 Å². The van der Waals surface area contributed by atoms with E-state index in [1.807, 2.05) is 0 Å². The van der Waals surface area contributed by atoms with Gasteiger partial charge in [-0.1, -0.05) is 12.8 Å². The molecule has 0 aromatic rings. The number of rotatable bonds is 3. The lowest BCUT2D eigenvalue weighted by molar-refractivity contribution is 0.181. The highest BCUT2D eigenvalue weighted by atomic mass is 35.5. The molecule has 1 heterocycles. The van der Waals surface area contributed by atoms with Crippen molar-refractivity contribution in [1.82, 2.24) is 4.90 Å². The molecule has 11 heavy (non-hydrogen) atoms. The lowest BCUT2D eigenvalue weighted by Crippen LogP contribution is -2.36. The summed E-state index contributed by atoms with van der Waals surface area (Å²) in [6, 6.07) is 0.856. The van der Waals surface area contributed by atoms with E-state index in [4.69, 9.17) is 9.07 Å². The zero-order valence-electron chi connectivity index (χ0n) is 7.35. The number of halogens is 1. The van der Waals surface area contributed by atoms with Crippen LogP contribution in [0.1, 0.15) is 25.7 Å². The van der Waals surface area contributed by atoms with Crippen molar-refractivity contribution >= 4 is 28.3 Å². The SMILES string of the molecule is CN1CCCCC1C[CH2][Mg][Cl]. The molecule has 0 bridgehead atoms. The smallest absolute Gasteiger partial charge is 0.346 e. The van der Waals surface area contributed by atoms with Crippen LogP contribution in [0.25, 0.3) is 0 Å². The lowest BCUT2D eigenvalue weighted by Gasteiger charge is -2.32. The second kappa shape index (κ2) is 5.63. The predicted molar refractivity (Wildman–Crippen MR) is 51.3 cm³/mol. The van der Waals surface area contributed by atoms with Crippen LogP contribution in [0.2, 0.25) is 4.55 Å². The molecule has 0 saturated carbocycles. The first-order valence-corrected chi connectivity index (χ1v) is 7.74. The molecule has 0 spiro atoms. The van der Waals surface area contributed by atoms with Gasteiger partial charge in [-0.2, -0.15) is 0 Å². The Hall–Kier alpha value is 1.02. The van der Waals surface area contributed by atoms with Crippen LogP contribution in [-0.2, 0) is 0 Å². The summed E-state index contributed by atoms with van der Waals surface area (Å²) in [4.78, 5) is 2.50. The van der Waals surface area contributed by atoms with Gasteiger partial charge >= 0.3 is 19.3 Å². The van der Waals surface area contributed by atoms with E-state index in [0.29, 0.717) is 0 Å². The minimum absolute atomic E-state index is 0.208. The molecule has 0 aromatic carbocycles. The second-order valence-corrected chi connectivity index (χ2v) is 5.68. The minimum atomic E-state index is -0.208. The Morgan fingerprint density at radius 2 is 2.36 bits per heavy atom. The van der Waals surface area contributed by atoms with Gasteiger partial charge < -0.3 is 14.0 Å². The number of hydrogen-bond donors (Lipinski definition) is 0. The highest BCUT2D eigenvalue weighted by Crippen LogP contribution is 2.18. The molecule has 1 aliphatic heterocycles. The molecule has 1 unspecified atom stereocenters. The predicted octanol–water partition coefficient (Wildman–Crippen LogP) is 2.14. The molecule has 1 saturated heterocycles. The van der Waals surface area contributed by atoms with E-state index in [9.17, 15) is 0 Å². The van der Waals surface area contributed by atoms with Gasteiger partial charge in [0.05, 0.1) is 0 Å². The van der Waals surface area contributed by atoms with Crippen molar-refractivity contribution in [1.29, 1.82) is 0 Å². The molecule has 0 amide bonds. The van der Waals surface area contributed by atoms with Crippen LogP contribution in [0, 0.1) is 0 Å². The molecular formula is C8H16ClMgN. The van der Waals surface area contributed by atoms with E-state index in [1.54, 1.807) is 0 Å². The van der Waals surface area contributed by atoms with E-state index < -0.39 is 0 Å². The quantitative estimate of drug-likeness (QED) is 0.610. The van der Waals surface area contributed by atoms with Gasteiger partial charge in [0.25, 0.3) is 0 Å². The van der Waals surface area contributed by atoms with Gasteiger partial charge in [0.15, 0.2) is 0 Å². The molecule has 0 aliphatic carbocycles. The Morgan fingerprint density at radius 1 is 1.55 bits per heavy atom. The topological polar surface area (TPSA) is 3.24 Å². The van der Waals surface area contributed by atoms with E-state index in [1.165, 1.54) is 36.8 Å². The molecule has 1 rings (SSSR count). The van der Waals surface area contributed by atoms with Crippen LogP contribution in [0.5, 0.6) is 0 Å². The molecule has 0 N–H and O–H groups in total. The summed E-state index contributed by atoms with van der Waals surface area (Å²) in [5.41, 5.74) is 0. The fraction of sp³-hybridized carbons (Fsp3) is 1.00. The third-order valence-corrected chi connectivity index (χ3v) is 4.07. The average Bonchev–Trinajstić information content (AvgIpc) is 2.03. The first kappa shape index (κ1) is 10.1. The van der Waals surface area contributed by atoms with Crippen molar-refractivity contribution in [3.05, 3.63) is 0 Å². The molecule has 3 heteroatoms. The van der Waals surface area contributed by atoms with Gasteiger partial charge in [-0.3, -0.25) is 0 Å². The van der Waals surface area contributed by atoms with Crippen molar-refractivity contribution in [3.63, 3.8) is 0 Å². The summed E-state index contributed by atoms with van der Waals surface area (Å²) in [6.07, 6.45) is 5.58. The standard InChI is InChI=1S/C8H16N.ClH.Mg/c1-3-8-6-4-5-7-9(8)2;;/h8H,1,3-7H2,2H3;1H;/q;;+1/p-1. The Bertz CT molecular complexity index is 110. The van der Waals surface area contributed by atoms with Crippen molar-refractivity contribution in [2.45, 2.75) is 36.3 Å². The molecular weight excluding hydrogens is 170 g/mol. The minimum Gasteiger partial charge on any atom is -0.346 e. The number of nitrogens with zero attached hydrogens (tertiary/aromatic N) is 1. The van der Waals surface area contributed by atoms with Gasteiger partial charge in [-0.25, -0.2) is 0 Å². The molecule has 1 atom stereocenters. The van der Waals surface area contributed by atoms with Gasteiger partial charge in [0.1, 0.15) is 0 Å². The van der Waals surface area contributed by atoms with Crippen LogP contribution in [-0.4, -0.2) is 43.8 Å². The lowest BCUT2D eigenvalue weighted by atomic mass is 10.0. The molecule has 0 radical (unpaired) electrons. The summed E-state index contributed by atoms with van der Waals surface area (Å²) in [6.45, 7) is 1.30. The highest BCUT2D eigenvalue weighted by molar-refractivity contribution is 6.93. The number of likely N-dealkylation sites (tertiary alicyclic amines) is 1. The van der Waals surface area contributed by atoms with Crippen molar-refractivity contribution in [2.75, 3.05) is 13.6 Å². The molecule has 0 aromatic heterocycles. The second-order valence-electron chi connectivity index (χ2n) is 3.46. The third-order valence-electron chi connectivity index (χ3n) is 2.59.